The van der Waals surface area contributed by atoms with Gasteiger partial charge in [-0.3, -0.25) is 0 Å². The van der Waals surface area contributed by atoms with E-state index in [1.54, 1.807) is 6.92 Å². The summed E-state index contributed by atoms with van der Waals surface area (Å²) in [6.45, 7) is 5.36. The van der Waals surface area contributed by atoms with Crippen LogP contribution in [0.5, 0.6) is 0 Å². The monoisotopic (exact) mass is 200 g/mol. The van der Waals surface area contributed by atoms with Gasteiger partial charge in [0.2, 0.25) is 0 Å². The van der Waals surface area contributed by atoms with Crippen molar-refractivity contribution in [1.82, 2.24) is 0 Å². The molecule has 0 heterocycles. The van der Waals surface area contributed by atoms with Crippen LogP contribution in [0.3, 0.4) is 0 Å². The summed E-state index contributed by atoms with van der Waals surface area (Å²) >= 11 is 0. The lowest BCUT2D eigenvalue weighted by Gasteiger charge is -2.09. The molecule has 0 bridgehead atoms. The van der Waals surface area contributed by atoms with Crippen LogP contribution in [-0.4, -0.2) is 22.2 Å². The summed E-state index contributed by atoms with van der Waals surface area (Å²) in [6, 6.07) is 0. The Bertz CT molecular complexity index is 263. The first kappa shape index (κ1) is 12.7. The Hall–Kier alpha value is -1.32. The third-order valence-corrected chi connectivity index (χ3v) is 1.85. The van der Waals surface area contributed by atoms with Crippen LogP contribution in [0.15, 0.2) is 11.1 Å². The lowest BCUT2D eigenvalue weighted by atomic mass is 9.97. The summed E-state index contributed by atoms with van der Waals surface area (Å²) in [5.41, 5.74) is 0.0289. The second-order valence-corrected chi connectivity index (χ2v) is 3.52. The van der Waals surface area contributed by atoms with E-state index in [0.29, 0.717) is 6.42 Å². The standard InChI is InChI=1S/C10H16O4/c1-4-7(9(11)12)8(10(13)14)5-6(2)3/h6H,4-5H2,1-3H3,(H,11,12)(H,13,14). The zero-order chi connectivity index (χ0) is 11.3. The second-order valence-electron chi connectivity index (χ2n) is 3.52. The third-order valence-electron chi connectivity index (χ3n) is 1.85. The number of hydrogen-bond acceptors (Lipinski definition) is 2. The van der Waals surface area contributed by atoms with Gasteiger partial charge in [0.25, 0.3) is 0 Å². The van der Waals surface area contributed by atoms with Gasteiger partial charge in [-0.25, -0.2) is 9.59 Å². The molecule has 0 spiro atoms. The summed E-state index contributed by atoms with van der Waals surface area (Å²) in [7, 11) is 0. The summed E-state index contributed by atoms with van der Waals surface area (Å²) in [5.74, 6) is -2.12. The Labute approximate surface area is 83.2 Å². The van der Waals surface area contributed by atoms with E-state index in [0.717, 1.165) is 0 Å². The molecule has 0 aromatic rings. The molecule has 0 atom stereocenters. The van der Waals surface area contributed by atoms with Crippen molar-refractivity contribution in [3.63, 3.8) is 0 Å². The summed E-state index contributed by atoms with van der Waals surface area (Å²) in [6.07, 6.45) is 0.536. The maximum absolute atomic E-state index is 10.8. The van der Waals surface area contributed by atoms with Crippen LogP contribution in [0.2, 0.25) is 0 Å². The molecule has 4 heteroatoms. The van der Waals surface area contributed by atoms with Crippen LogP contribution < -0.4 is 0 Å². The highest BCUT2D eigenvalue weighted by Gasteiger charge is 2.19. The Kier molecular flexibility index (Phi) is 4.91. The van der Waals surface area contributed by atoms with E-state index in [9.17, 15) is 9.59 Å². The van der Waals surface area contributed by atoms with Gasteiger partial charge in [0.15, 0.2) is 0 Å². The van der Waals surface area contributed by atoms with Crippen molar-refractivity contribution < 1.29 is 19.8 Å². The Balaban J connectivity index is 5.10. The maximum atomic E-state index is 10.8. The highest BCUT2D eigenvalue weighted by molar-refractivity contribution is 5.98. The van der Waals surface area contributed by atoms with Gasteiger partial charge in [-0.05, 0) is 18.8 Å². The van der Waals surface area contributed by atoms with Gasteiger partial charge < -0.3 is 10.2 Å². The number of rotatable bonds is 5. The molecule has 0 aliphatic carbocycles. The average molecular weight is 200 g/mol. The fourth-order valence-corrected chi connectivity index (χ4v) is 1.24. The molecule has 0 amide bonds. The van der Waals surface area contributed by atoms with Gasteiger partial charge in [0.1, 0.15) is 0 Å². The predicted octanol–water partition coefficient (Wildman–Crippen LogP) is 1.91. The fraction of sp³-hybridized carbons (Fsp3) is 0.600. The molecule has 14 heavy (non-hydrogen) atoms. The molecular weight excluding hydrogens is 184 g/mol. The quantitative estimate of drug-likeness (QED) is 0.665. The van der Waals surface area contributed by atoms with Crippen LogP contribution in [0.1, 0.15) is 33.6 Å². The van der Waals surface area contributed by atoms with Crippen LogP contribution in [0.4, 0.5) is 0 Å². The second kappa shape index (κ2) is 5.42. The number of hydrogen-bond donors (Lipinski definition) is 2. The highest BCUT2D eigenvalue weighted by atomic mass is 16.4. The van der Waals surface area contributed by atoms with Gasteiger partial charge in [0.05, 0.1) is 0 Å². The van der Waals surface area contributed by atoms with E-state index in [4.69, 9.17) is 10.2 Å². The van der Waals surface area contributed by atoms with Crippen molar-refractivity contribution in [3.8, 4) is 0 Å². The van der Waals surface area contributed by atoms with E-state index < -0.39 is 11.9 Å². The topological polar surface area (TPSA) is 74.6 Å². The predicted molar refractivity (Wildman–Crippen MR) is 52.0 cm³/mol. The van der Waals surface area contributed by atoms with Crippen molar-refractivity contribution in [2.75, 3.05) is 0 Å². The van der Waals surface area contributed by atoms with E-state index in [1.165, 1.54) is 0 Å². The van der Waals surface area contributed by atoms with Gasteiger partial charge in [-0.1, -0.05) is 20.8 Å². The first-order valence-electron chi connectivity index (χ1n) is 4.58. The minimum Gasteiger partial charge on any atom is -0.478 e. The highest BCUT2D eigenvalue weighted by Crippen LogP contribution is 2.18. The van der Waals surface area contributed by atoms with E-state index in [1.807, 2.05) is 13.8 Å². The van der Waals surface area contributed by atoms with Crippen molar-refractivity contribution >= 4 is 11.9 Å². The van der Waals surface area contributed by atoms with Crippen molar-refractivity contribution in [2.24, 2.45) is 5.92 Å². The molecule has 0 fully saturated rings. The molecule has 0 aromatic carbocycles. The molecule has 4 nitrogen and oxygen atoms in total. The normalized spacial score (nSPS) is 12.6. The number of carboxylic acids is 2. The van der Waals surface area contributed by atoms with Gasteiger partial charge in [-0.15, -0.1) is 0 Å². The van der Waals surface area contributed by atoms with Gasteiger partial charge in [-0.2, -0.15) is 0 Å². The molecule has 0 aromatic heterocycles. The Morgan fingerprint density at radius 1 is 1.07 bits per heavy atom. The summed E-state index contributed by atoms with van der Waals surface area (Å²) in [5, 5.41) is 17.6. The summed E-state index contributed by atoms with van der Waals surface area (Å²) in [4.78, 5) is 21.6. The van der Waals surface area contributed by atoms with E-state index in [2.05, 4.69) is 0 Å². The van der Waals surface area contributed by atoms with Crippen LogP contribution >= 0.6 is 0 Å². The van der Waals surface area contributed by atoms with Gasteiger partial charge in [0, 0.05) is 11.1 Å². The number of aliphatic carboxylic acids is 2. The molecule has 0 unspecified atom stereocenters. The SMILES string of the molecule is CCC(C(=O)O)=C(CC(C)C)C(=O)O. The maximum Gasteiger partial charge on any atom is 0.332 e. The molecule has 0 radical (unpaired) electrons. The fourth-order valence-electron chi connectivity index (χ4n) is 1.24. The van der Waals surface area contributed by atoms with E-state index in [-0.39, 0.29) is 23.5 Å². The van der Waals surface area contributed by atoms with Crippen molar-refractivity contribution in [2.45, 2.75) is 33.6 Å². The van der Waals surface area contributed by atoms with Crippen LogP contribution in [0, 0.1) is 5.92 Å². The molecule has 0 saturated carbocycles. The van der Waals surface area contributed by atoms with Crippen molar-refractivity contribution in [3.05, 3.63) is 11.1 Å². The number of carboxylic acid groups (broad SMARTS) is 2. The van der Waals surface area contributed by atoms with Crippen LogP contribution in [-0.2, 0) is 9.59 Å². The lowest BCUT2D eigenvalue weighted by Crippen LogP contribution is -2.12. The molecule has 0 aliphatic heterocycles. The zero-order valence-electron chi connectivity index (χ0n) is 8.70. The van der Waals surface area contributed by atoms with Crippen LogP contribution in [0.25, 0.3) is 0 Å². The van der Waals surface area contributed by atoms with E-state index >= 15 is 0 Å². The first-order chi connectivity index (χ1) is 6.40. The smallest absolute Gasteiger partial charge is 0.332 e. The Morgan fingerprint density at radius 3 is 1.71 bits per heavy atom. The third kappa shape index (κ3) is 3.60. The zero-order valence-corrected chi connectivity index (χ0v) is 8.70. The first-order valence-corrected chi connectivity index (χ1v) is 4.58. The van der Waals surface area contributed by atoms with Crippen molar-refractivity contribution in [1.29, 1.82) is 0 Å². The van der Waals surface area contributed by atoms with Gasteiger partial charge >= 0.3 is 11.9 Å². The molecule has 2 N–H and O–H groups in total. The average Bonchev–Trinajstić information content (AvgIpc) is 2.02. The molecular formula is C10H16O4. The Morgan fingerprint density at radius 2 is 1.50 bits per heavy atom. The molecule has 80 valence electrons. The minimum atomic E-state index is -1.13. The lowest BCUT2D eigenvalue weighted by molar-refractivity contribution is -0.136. The number of carbonyl (C=O) groups is 2. The molecule has 0 rings (SSSR count). The molecule has 0 saturated heterocycles. The molecule has 0 aliphatic rings. The largest absolute Gasteiger partial charge is 0.478 e. The summed E-state index contributed by atoms with van der Waals surface area (Å²) < 4.78 is 0. The minimum absolute atomic E-state index is 0.00574.